The van der Waals surface area contributed by atoms with E-state index in [1.807, 2.05) is 6.07 Å². The summed E-state index contributed by atoms with van der Waals surface area (Å²) in [5.41, 5.74) is 0.965. The Balaban J connectivity index is 1.62. The summed E-state index contributed by atoms with van der Waals surface area (Å²) < 4.78 is 5.18. The van der Waals surface area contributed by atoms with E-state index in [2.05, 4.69) is 12.2 Å². The third-order valence-corrected chi connectivity index (χ3v) is 5.97. The first-order chi connectivity index (χ1) is 11.7. The van der Waals surface area contributed by atoms with Crippen molar-refractivity contribution in [1.29, 1.82) is 0 Å². The standard InChI is InChI=1S/C18H26N2O3S/c1-2-3-4-5-9-19-16(21)15-12-24-18(14-8-10-23-11-14)20(15)17(22)13-6-7-13/h8,10-11,13,15,18H,2-7,9,12H2,1H3,(H,19,21)/t15-,18-/m1/s1. The molecule has 1 aliphatic heterocycles. The zero-order valence-electron chi connectivity index (χ0n) is 14.2. The summed E-state index contributed by atoms with van der Waals surface area (Å²) in [5.74, 6) is 0.865. The van der Waals surface area contributed by atoms with E-state index in [1.54, 1.807) is 29.2 Å². The molecule has 1 aromatic heterocycles. The van der Waals surface area contributed by atoms with Crippen LogP contribution < -0.4 is 5.32 Å². The van der Waals surface area contributed by atoms with Gasteiger partial charge in [0.15, 0.2) is 0 Å². The molecule has 1 saturated heterocycles. The molecule has 2 aliphatic rings. The van der Waals surface area contributed by atoms with Crippen molar-refractivity contribution < 1.29 is 14.0 Å². The minimum atomic E-state index is -0.367. The highest BCUT2D eigenvalue weighted by Gasteiger charge is 2.46. The van der Waals surface area contributed by atoms with Crippen LogP contribution in [0.15, 0.2) is 23.0 Å². The van der Waals surface area contributed by atoms with E-state index in [1.165, 1.54) is 12.8 Å². The number of furan rings is 1. The molecular weight excluding hydrogens is 324 g/mol. The molecule has 2 atom stereocenters. The van der Waals surface area contributed by atoms with Crippen LogP contribution >= 0.6 is 11.8 Å². The number of hydrogen-bond donors (Lipinski definition) is 1. The second kappa shape index (κ2) is 8.10. The number of thioether (sulfide) groups is 1. The van der Waals surface area contributed by atoms with Crippen molar-refractivity contribution in [3.63, 3.8) is 0 Å². The average Bonchev–Trinajstić information content (AvgIpc) is 3.11. The molecule has 0 spiro atoms. The zero-order chi connectivity index (χ0) is 16.9. The van der Waals surface area contributed by atoms with E-state index in [4.69, 9.17) is 4.42 Å². The number of unbranched alkanes of at least 4 members (excludes halogenated alkanes) is 3. The van der Waals surface area contributed by atoms with Crippen molar-refractivity contribution in [3.05, 3.63) is 24.2 Å². The van der Waals surface area contributed by atoms with E-state index < -0.39 is 0 Å². The third-order valence-electron chi connectivity index (χ3n) is 4.64. The van der Waals surface area contributed by atoms with Crippen LogP contribution in [-0.4, -0.2) is 35.1 Å². The van der Waals surface area contributed by atoms with Gasteiger partial charge in [0.2, 0.25) is 11.8 Å². The Labute approximate surface area is 147 Å². The summed E-state index contributed by atoms with van der Waals surface area (Å²) in [5, 5.41) is 2.92. The predicted octanol–water partition coefficient (Wildman–Crippen LogP) is 3.33. The highest BCUT2D eigenvalue weighted by atomic mass is 32.2. The molecule has 6 heteroatoms. The molecule has 5 nitrogen and oxygen atoms in total. The van der Waals surface area contributed by atoms with Gasteiger partial charge in [0.1, 0.15) is 11.4 Å². The van der Waals surface area contributed by atoms with Crippen molar-refractivity contribution in [2.75, 3.05) is 12.3 Å². The second-order valence-electron chi connectivity index (χ2n) is 6.63. The van der Waals surface area contributed by atoms with Gasteiger partial charge < -0.3 is 14.6 Å². The summed E-state index contributed by atoms with van der Waals surface area (Å²) in [6, 6.07) is 1.52. The lowest BCUT2D eigenvalue weighted by molar-refractivity contribution is -0.140. The van der Waals surface area contributed by atoms with Crippen molar-refractivity contribution in [3.8, 4) is 0 Å². The Morgan fingerprint density at radius 2 is 2.17 bits per heavy atom. The lowest BCUT2D eigenvalue weighted by Gasteiger charge is -2.28. The van der Waals surface area contributed by atoms with Gasteiger partial charge >= 0.3 is 0 Å². The Morgan fingerprint density at radius 1 is 1.33 bits per heavy atom. The largest absolute Gasteiger partial charge is 0.472 e. The summed E-state index contributed by atoms with van der Waals surface area (Å²) in [6.45, 7) is 2.87. The van der Waals surface area contributed by atoms with Gasteiger partial charge in [-0.15, -0.1) is 11.8 Å². The van der Waals surface area contributed by atoms with Gasteiger partial charge in [-0.05, 0) is 25.3 Å². The second-order valence-corrected chi connectivity index (χ2v) is 7.74. The average molecular weight is 350 g/mol. The highest BCUT2D eigenvalue weighted by Crippen LogP contribution is 2.45. The third kappa shape index (κ3) is 3.97. The molecule has 24 heavy (non-hydrogen) atoms. The van der Waals surface area contributed by atoms with Gasteiger partial charge in [-0.1, -0.05) is 26.2 Å². The van der Waals surface area contributed by atoms with Crippen molar-refractivity contribution in [1.82, 2.24) is 10.2 Å². The molecule has 1 aliphatic carbocycles. The lowest BCUT2D eigenvalue weighted by atomic mass is 10.1. The molecule has 2 heterocycles. The number of amides is 2. The normalized spacial score (nSPS) is 23.5. The fourth-order valence-corrected chi connectivity index (χ4v) is 4.49. The van der Waals surface area contributed by atoms with E-state index in [-0.39, 0.29) is 29.1 Å². The van der Waals surface area contributed by atoms with Gasteiger partial charge in [0, 0.05) is 23.8 Å². The summed E-state index contributed by atoms with van der Waals surface area (Å²) in [6.07, 6.45) is 9.71. The number of nitrogens with one attached hydrogen (secondary N) is 1. The highest BCUT2D eigenvalue weighted by molar-refractivity contribution is 7.99. The first kappa shape index (κ1) is 17.4. The van der Waals surface area contributed by atoms with Gasteiger partial charge in [-0.2, -0.15) is 0 Å². The SMILES string of the molecule is CCCCCCNC(=O)[C@H]1CS[C@H](c2ccoc2)N1C(=O)C1CC1. The molecule has 1 N–H and O–H groups in total. The maximum atomic E-state index is 12.7. The monoisotopic (exact) mass is 350 g/mol. The molecule has 1 saturated carbocycles. The fraction of sp³-hybridized carbons (Fsp3) is 0.667. The molecule has 3 rings (SSSR count). The maximum Gasteiger partial charge on any atom is 0.243 e. The van der Waals surface area contributed by atoms with E-state index in [0.29, 0.717) is 12.3 Å². The van der Waals surface area contributed by atoms with E-state index in [0.717, 1.165) is 31.2 Å². The number of nitrogens with zero attached hydrogens (tertiary/aromatic N) is 1. The number of carbonyl (C=O) groups is 2. The van der Waals surface area contributed by atoms with Crippen molar-refractivity contribution >= 4 is 23.6 Å². The Hall–Kier alpha value is -1.43. The molecule has 2 fully saturated rings. The Morgan fingerprint density at radius 3 is 2.83 bits per heavy atom. The van der Waals surface area contributed by atoms with Crippen LogP contribution in [0.2, 0.25) is 0 Å². The van der Waals surface area contributed by atoms with Crippen molar-refractivity contribution in [2.24, 2.45) is 5.92 Å². The molecular formula is C18H26N2O3S. The van der Waals surface area contributed by atoms with Gasteiger partial charge in [-0.3, -0.25) is 9.59 Å². The number of carbonyl (C=O) groups excluding carboxylic acids is 2. The van der Waals surface area contributed by atoms with Crippen LogP contribution in [0.1, 0.15) is 56.4 Å². The van der Waals surface area contributed by atoms with Gasteiger partial charge in [-0.25, -0.2) is 0 Å². The number of rotatable bonds is 8. The molecule has 2 amide bonds. The van der Waals surface area contributed by atoms with Crippen LogP contribution in [0.5, 0.6) is 0 Å². The molecule has 132 valence electrons. The summed E-state index contributed by atoms with van der Waals surface area (Å²) >= 11 is 1.65. The van der Waals surface area contributed by atoms with Crippen LogP contribution in [0.3, 0.4) is 0 Å². The Kier molecular flexibility index (Phi) is 5.87. The molecule has 0 bridgehead atoms. The molecule has 1 aromatic rings. The minimum absolute atomic E-state index is 0.0148. The smallest absolute Gasteiger partial charge is 0.243 e. The van der Waals surface area contributed by atoms with Crippen molar-refractivity contribution in [2.45, 2.75) is 56.9 Å². The topological polar surface area (TPSA) is 62.6 Å². The first-order valence-corrected chi connectivity index (χ1v) is 10.0. The van der Waals surface area contributed by atoms with Gasteiger partial charge in [0.05, 0.1) is 12.5 Å². The fourth-order valence-electron chi connectivity index (χ4n) is 3.07. The summed E-state index contributed by atoms with van der Waals surface area (Å²) in [7, 11) is 0. The first-order valence-electron chi connectivity index (χ1n) is 8.96. The number of hydrogen-bond acceptors (Lipinski definition) is 4. The maximum absolute atomic E-state index is 12.7. The van der Waals surface area contributed by atoms with Crippen LogP contribution in [0.4, 0.5) is 0 Å². The van der Waals surface area contributed by atoms with E-state index >= 15 is 0 Å². The van der Waals surface area contributed by atoms with Crippen LogP contribution in [-0.2, 0) is 9.59 Å². The molecule has 0 aromatic carbocycles. The molecule has 0 unspecified atom stereocenters. The lowest BCUT2D eigenvalue weighted by Crippen LogP contribution is -2.48. The van der Waals surface area contributed by atoms with Crippen LogP contribution in [0.25, 0.3) is 0 Å². The molecule has 0 radical (unpaired) electrons. The zero-order valence-corrected chi connectivity index (χ0v) is 15.0. The van der Waals surface area contributed by atoms with Crippen LogP contribution in [0, 0.1) is 5.92 Å². The minimum Gasteiger partial charge on any atom is -0.472 e. The van der Waals surface area contributed by atoms with E-state index in [9.17, 15) is 9.59 Å². The summed E-state index contributed by atoms with van der Waals surface area (Å²) in [4.78, 5) is 27.2. The van der Waals surface area contributed by atoms with Gasteiger partial charge in [0.25, 0.3) is 0 Å². The Bertz CT molecular complexity index is 557. The predicted molar refractivity (Wildman–Crippen MR) is 94.4 cm³/mol. The quantitative estimate of drug-likeness (QED) is 0.731.